The van der Waals surface area contributed by atoms with Gasteiger partial charge in [-0.15, -0.1) is 0 Å². The van der Waals surface area contributed by atoms with Gasteiger partial charge in [-0.2, -0.15) is 0 Å². The van der Waals surface area contributed by atoms with E-state index in [1.54, 1.807) is 25.3 Å². The molecule has 14 heavy (non-hydrogen) atoms. The first-order valence-electron chi connectivity index (χ1n) is 4.35. The van der Waals surface area contributed by atoms with Crippen LogP contribution in [0.2, 0.25) is 0 Å². The molecule has 1 amide bonds. The molecule has 1 aromatic rings. The molecule has 0 aromatic carbocycles. The number of pyridine rings is 1. The van der Waals surface area contributed by atoms with Crippen LogP contribution in [0.1, 0.15) is 12.5 Å². The molecule has 1 aromatic heterocycles. The molecular weight excluding hydrogens is 178 g/mol. The number of rotatable bonds is 3. The summed E-state index contributed by atoms with van der Waals surface area (Å²) in [6.07, 6.45) is 4.72. The Bertz CT molecular complexity index is 347. The van der Waals surface area contributed by atoms with Gasteiger partial charge in [0.05, 0.1) is 0 Å². The van der Waals surface area contributed by atoms with E-state index in [1.807, 2.05) is 6.07 Å². The topological polar surface area (TPSA) is 68.0 Å². The van der Waals surface area contributed by atoms with Crippen LogP contribution in [-0.2, 0) is 11.3 Å². The molecule has 1 rings (SSSR count). The predicted molar refractivity (Wildman–Crippen MR) is 55.6 cm³/mol. The van der Waals surface area contributed by atoms with Gasteiger partial charge in [0.25, 0.3) is 0 Å². The van der Waals surface area contributed by atoms with Crippen molar-refractivity contribution in [2.24, 2.45) is 5.73 Å². The molecule has 0 aliphatic rings. The third kappa shape index (κ3) is 2.67. The predicted octanol–water partition coefficient (Wildman–Crippen LogP) is 1.05. The summed E-state index contributed by atoms with van der Waals surface area (Å²) in [6, 6.07) is 3.62. The van der Waals surface area contributed by atoms with Crippen molar-refractivity contribution in [1.29, 1.82) is 0 Å². The minimum absolute atomic E-state index is 0.194. The van der Waals surface area contributed by atoms with E-state index in [2.05, 4.69) is 10.3 Å². The monoisotopic (exact) mass is 191 g/mol. The van der Waals surface area contributed by atoms with E-state index in [1.165, 1.54) is 6.08 Å². The zero-order chi connectivity index (χ0) is 10.4. The number of anilines is 1. The van der Waals surface area contributed by atoms with Crippen molar-refractivity contribution in [3.05, 3.63) is 36.0 Å². The van der Waals surface area contributed by atoms with Gasteiger partial charge in [0, 0.05) is 18.3 Å². The molecule has 0 fully saturated rings. The van der Waals surface area contributed by atoms with Crippen LogP contribution in [0, 0.1) is 0 Å². The maximum absolute atomic E-state index is 11.2. The number of nitrogens with two attached hydrogens (primary N) is 1. The Hall–Kier alpha value is -1.68. The number of aromatic nitrogens is 1. The average molecular weight is 191 g/mol. The minimum atomic E-state index is -0.194. The smallest absolute Gasteiger partial charge is 0.249 e. The number of nitrogens with zero attached hydrogens (tertiary/aromatic N) is 1. The number of hydrogen-bond donors (Lipinski definition) is 2. The molecule has 0 bridgehead atoms. The van der Waals surface area contributed by atoms with Gasteiger partial charge >= 0.3 is 0 Å². The van der Waals surface area contributed by atoms with E-state index in [0.717, 1.165) is 5.56 Å². The molecule has 0 radical (unpaired) electrons. The van der Waals surface area contributed by atoms with Crippen LogP contribution < -0.4 is 11.1 Å². The Balaban J connectivity index is 2.80. The molecule has 0 saturated carbocycles. The first-order chi connectivity index (χ1) is 6.77. The molecule has 74 valence electrons. The highest BCUT2D eigenvalue weighted by atomic mass is 16.1. The van der Waals surface area contributed by atoms with E-state index in [4.69, 9.17) is 5.73 Å². The second-order valence-corrected chi connectivity index (χ2v) is 2.70. The van der Waals surface area contributed by atoms with Gasteiger partial charge in [-0.05, 0) is 19.1 Å². The SMILES string of the molecule is C/C=C/C(=O)Nc1ncccc1CN. The molecular formula is C10H13N3O. The summed E-state index contributed by atoms with van der Waals surface area (Å²) in [5.74, 6) is 0.332. The number of nitrogens with one attached hydrogen (secondary N) is 1. The lowest BCUT2D eigenvalue weighted by atomic mass is 10.2. The summed E-state index contributed by atoms with van der Waals surface area (Å²) >= 11 is 0. The first kappa shape index (κ1) is 10.4. The standard InChI is InChI=1S/C10H13N3O/c1-2-4-9(14)13-10-8(7-11)5-3-6-12-10/h2-6H,7,11H2,1H3,(H,12,13,14)/b4-2+. The zero-order valence-electron chi connectivity index (χ0n) is 8.03. The van der Waals surface area contributed by atoms with Crippen LogP contribution in [0.15, 0.2) is 30.5 Å². The Labute approximate surface area is 82.8 Å². The molecule has 0 saturated heterocycles. The van der Waals surface area contributed by atoms with Crippen LogP contribution >= 0.6 is 0 Å². The third-order valence-corrected chi connectivity index (χ3v) is 1.67. The lowest BCUT2D eigenvalue weighted by Gasteiger charge is -2.05. The Morgan fingerprint density at radius 3 is 3.14 bits per heavy atom. The highest BCUT2D eigenvalue weighted by Gasteiger charge is 2.03. The van der Waals surface area contributed by atoms with Crippen molar-refractivity contribution in [1.82, 2.24) is 4.98 Å². The van der Waals surface area contributed by atoms with Crippen LogP contribution in [0.5, 0.6) is 0 Å². The second-order valence-electron chi connectivity index (χ2n) is 2.70. The molecule has 1 heterocycles. The maximum atomic E-state index is 11.2. The van der Waals surface area contributed by atoms with E-state index in [9.17, 15) is 4.79 Å². The highest BCUT2D eigenvalue weighted by molar-refractivity contribution is 5.98. The van der Waals surface area contributed by atoms with Crippen molar-refractivity contribution in [3.63, 3.8) is 0 Å². The Morgan fingerprint density at radius 2 is 2.50 bits per heavy atom. The summed E-state index contributed by atoms with van der Waals surface area (Å²) in [6.45, 7) is 2.14. The van der Waals surface area contributed by atoms with Gasteiger partial charge < -0.3 is 11.1 Å². The van der Waals surface area contributed by atoms with Crippen molar-refractivity contribution < 1.29 is 4.79 Å². The summed E-state index contributed by atoms with van der Waals surface area (Å²) in [7, 11) is 0. The fourth-order valence-corrected chi connectivity index (χ4v) is 1.03. The molecule has 0 aliphatic carbocycles. The summed E-state index contributed by atoms with van der Waals surface area (Å²) in [5, 5.41) is 2.65. The molecule has 0 unspecified atom stereocenters. The number of amides is 1. The van der Waals surface area contributed by atoms with Crippen molar-refractivity contribution in [2.45, 2.75) is 13.5 Å². The van der Waals surface area contributed by atoms with Crippen molar-refractivity contribution in [3.8, 4) is 0 Å². The van der Waals surface area contributed by atoms with E-state index < -0.39 is 0 Å². The lowest BCUT2D eigenvalue weighted by molar-refractivity contribution is -0.111. The van der Waals surface area contributed by atoms with E-state index in [-0.39, 0.29) is 5.91 Å². The summed E-state index contributed by atoms with van der Waals surface area (Å²) < 4.78 is 0. The molecule has 3 N–H and O–H groups in total. The van der Waals surface area contributed by atoms with Gasteiger partial charge in [-0.1, -0.05) is 12.1 Å². The lowest BCUT2D eigenvalue weighted by Crippen LogP contribution is -2.12. The Morgan fingerprint density at radius 1 is 1.71 bits per heavy atom. The minimum Gasteiger partial charge on any atom is -0.326 e. The van der Waals surface area contributed by atoms with Crippen molar-refractivity contribution in [2.75, 3.05) is 5.32 Å². The Kier molecular flexibility index (Phi) is 3.82. The van der Waals surface area contributed by atoms with Crippen molar-refractivity contribution >= 4 is 11.7 Å². The summed E-state index contributed by atoms with van der Waals surface area (Å²) in [5.41, 5.74) is 6.32. The van der Waals surface area contributed by atoms with Gasteiger partial charge in [-0.25, -0.2) is 4.98 Å². The highest BCUT2D eigenvalue weighted by Crippen LogP contribution is 2.09. The number of allylic oxidation sites excluding steroid dienone is 1. The van der Waals surface area contributed by atoms with E-state index >= 15 is 0 Å². The molecule has 4 nitrogen and oxygen atoms in total. The normalized spacial score (nSPS) is 10.4. The molecule has 0 aliphatic heterocycles. The maximum Gasteiger partial charge on any atom is 0.249 e. The van der Waals surface area contributed by atoms with Crippen LogP contribution in [-0.4, -0.2) is 10.9 Å². The quantitative estimate of drug-likeness (QED) is 0.702. The first-order valence-corrected chi connectivity index (χ1v) is 4.35. The van der Waals surface area contributed by atoms with Gasteiger partial charge in [0.1, 0.15) is 5.82 Å². The number of carbonyl (C=O) groups is 1. The van der Waals surface area contributed by atoms with Gasteiger partial charge in [0.2, 0.25) is 5.91 Å². The van der Waals surface area contributed by atoms with Gasteiger partial charge in [0.15, 0.2) is 0 Å². The molecule has 0 atom stereocenters. The largest absolute Gasteiger partial charge is 0.326 e. The number of carbonyl (C=O) groups excluding carboxylic acids is 1. The van der Waals surface area contributed by atoms with Crippen LogP contribution in [0.3, 0.4) is 0 Å². The number of hydrogen-bond acceptors (Lipinski definition) is 3. The molecule has 4 heteroatoms. The fourth-order valence-electron chi connectivity index (χ4n) is 1.03. The average Bonchev–Trinajstić information content (AvgIpc) is 2.19. The van der Waals surface area contributed by atoms with Gasteiger partial charge in [-0.3, -0.25) is 4.79 Å². The van der Waals surface area contributed by atoms with Crippen LogP contribution in [0.25, 0.3) is 0 Å². The second kappa shape index (κ2) is 5.14. The molecule has 0 spiro atoms. The van der Waals surface area contributed by atoms with E-state index in [0.29, 0.717) is 12.4 Å². The fraction of sp³-hybridized carbons (Fsp3) is 0.200. The zero-order valence-corrected chi connectivity index (χ0v) is 8.03. The summed E-state index contributed by atoms with van der Waals surface area (Å²) in [4.78, 5) is 15.2. The third-order valence-electron chi connectivity index (χ3n) is 1.67. The van der Waals surface area contributed by atoms with Crippen LogP contribution in [0.4, 0.5) is 5.82 Å².